The molecule has 4 nitrogen and oxygen atoms in total. The van der Waals surface area contributed by atoms with Crippen molar-refractivity contribution in [3.05, 3.63) is 34.9 Å². The van der Waals surface area contributed by atoms with E-state index < -0.39 is 29.2 Å². The van der Waals surface area contributed by atoms with Crippen LogP contribution in [0.3, 0.4) is 0 Å². The minimum atomic E-state index is -0.916. The number of ether oxygens (including phenoxy) is 1. The number of rotatable bonds is 5. The van der Waals surface area contributed by atoms with Crippen LogP contribution >= 0.6 is 0 Å². The van der Waals surface area contributed by atoms with Crippen LogP contribution in [0.5, 0.6) is 0 Å². The molecule has 1 rings (SSSR count). The molecule has 0 fully saturated rings. The smallest absolute Gasteiger partial charge is 0.259 e. The number of amides is 1. The summed E-state index contributed by atoms with van der Waals surface area (Å²) in [6, 6.07) is 2.31. The lowest BCUT2D eigenvalue weighted by Gasteiger charge is -2.21. The fraction of sp³-hybridized carbons (Fsp3) is 0.462. The minimum absolute atomic E-state index is 0.0381. The quantitative estimate of drug-likeness (QED) is 0.881. The molecule has 0 radical (unpaired) electrons. The molecule has 0 saturated heterocycles. The van der Waals surface area contributed by atoms with Gasteiger partial charge in [0.05, 0.1) is 12.7 Å². The van der Waals surface area contributed by atoms with Gasteiger partial charge >= 0.3 is 0 Å². The van der Waals surface area contributed by atoms with Crippen molar-refractivity contribution in [3.63, 3.8) is 0 Å². The van der Waals surface area contributed by atoms with E-state index in [1.807, 2.05) is 0 Å². The number of carbonyl (C=O) groups is 1. The summed E-state index contributed by atoms with van der Waals surface area (Å²) in [4.78, 5) is 13.0. The lowest BCUT2D eigenvalue weighted by molar-refractivity contribution is 0.0376. The number of benzene rings is 1. The van der Waals surface area contributed by atoms with Crippen LogP contribution in [0.4, 0.5) is 8.78 Å². The Kier molecular flexibility index (Phi) is 5.38. The largest absolute Gasteiger partial charge is 0.389 e. The van der Waals surface area contributed by atoms with E-state index in [2.05, 4.69) is 0 Å². The van der Waals surface area contributed by atoms with E-state index in [0.29, 0.717) is 0 Å². The van der Waals surface area contributed by atoms with Crippen molar-refractivity contribution in [2.24, 2.45) is 0 Å². The van der Waals surface area contributed by atoms with Gasteiger partial charge in [-0.3, -0.25) is 4.79 Å². The van der Waals surface area contributed by atoms with Gasteiger partial charge in [0, 0.05) is 20.7 Å². The van der Waals surface area contributed by atoms with Crippen LogP contribution in [-0.4, -0.2) is 49.3 Å². The van der Waals surface area contributed by atoms with Crippen LogP contribution in [0.1, 0.15) is 15.9 Å². The lowest BCUT2D eigenvalue weighted by atomic mass is 10.1. The zero-order valence-corrected chi connectivity index (χ0v) is 11.1. The maximum atomic E-state index is 13.8. The van der Waals surface area contributed by atoms with Crippen LogP contribution in [-0.2, 0) is 4.74 Å². The van der Waals surface area contributed by atoms with Crippen LogP contribution < -0.4 is 0 Å². The second-order valence-corrected chi connectivity index (χ2v) is 4.35. The molecule has 0 heterocycles. The summed E-state index contributed by atoms with van der Waals surface area (Å²) in [7, 11) is 2.77. The number of methoxy groups -OCH3 is 1. The summed E-state index contributed by atoms with van der Waals surface area (Å²) >= 11 is 0. The van der Waals surface area contributed by atoms with Gasteiger partial charge in [-0.1, -0.05) is 6.07 Å². The fourth-order valence-electron chi connectivity index (χ4n) is 1.69. The van der Waals surface area contributed by atoms with Crippen molar-refractivity contribution >= 4 is 5.91 Å². The number of hydrogen-bond donors (Lipinski definition) is 1. The molecule has 0 saturated carbocycles. The number of hydrogen-bond acceptors (Lipinski definition) is 3. The number of aryl methyl sites for hydroxylation is 1. The molecule has 0 bridgehead atoms. The Labute approximate surface area is 110 Å². The summed E-state index contributed by atoms with van der Waals surface area (Å²) in [6.07, 6.45) is -0.908. The molecule has 0 aliphatic carbocycles. The first-order valence-corrected chi connectivity index (χ1v) is 5.75. The average molecular weight is 273 g/mol. The molecule has 1 aromatic rings. The van der Waals surface area contributed by atoms with Crippen LogP contribution in [0.2, 0.25) is 0 Å². The van der Waals surface area contributed by atoms with Gasteiger partial charge in [-0.15, -0.1) is 0 Å². The van der Waals surface area contributed by atoms with Crippen molar-refractivity contribution < 1.29 is 23.4 Å². The van der Waals surface area contributed by atoms with Gasteiger partial charge in [0.2, 0.25) is 0 Å². The van der Waals surface area contributed by atoms with Gasteiger partial charge < -0.3 is 14.7 Å². The molecule has 0 aromatic heterocycles. The Morgan fingerprint density at radius 3 is 2.68 bits per heavy atom. The SMILES string of the molecule is COCC(O)CN(C)C(=O)c1c(F)ccc(C)c1F. The average Bonchev–Trinajstić information content (AvgIpc) is 2.34. The Hall–Kier alpha value is -1.53. The van der Waals surface area contributed by atoms with Crippen molar-refractivity contribution in [1.29, 1.82) is 0 Å². The molecular formula is C13H17F2NO3. The van der Waals surface area contributed by atoms with Gasteiger partial charge in [0.15, 0.2) is 0 Å². The monoisotopic (exact) mass is 273 g/mol. The zero-order valence-electron chi connectivity index (χ0n) is 11.1. The highest BCUT2D eigenvalue weighted by molar-refractivity contribution is 5.94. The minimum Gasteiger partial charge on any atom is -0.389 e. The highest BCUT2D eigenvalue weighted by Gasteiger charge is 2.23. The molecule has 106 valence electrons. The maximum absolute atomic E-state index is 13.8. The summed E-state index contributed by atoms with van der Waals surface area (Å²) in [5.74, 6) is -2.60. The van der Waals surface area contributed by atoms with Crippen LogP contribution in [0.15, 0.2) is 12.1 Å². The van der Waals surface area contributed by atoms with Crippen molar-refractivity contribution in [2.45, 2.75) is 13.0 Å². The summed E-state index contributed by atoms with van der Waals surface area (Å²) < 4.78 is 32.1. The molecule has 1 aromatic carbocycles. The highest BCUT2D eigenvalue weighted by Crippen LogP contribution is 2.18. The Morgan fingerprint density at radius 1 is 1.47 bits per heavy atom. The summed E-state index contributed by atoms with van der Waals surface area (Å²) in [6.45, 7) is 1.42. The number of likely N-dealkylation sites (N-methyl/N-ethyl adjacent to an activating group) is 1. The van der Waals surface area contributed by atoms with E-state index >= 15 is 0 Å². The molecule has 1 atom stereocenters. The molecule has 0 aliphatic heterocycles. The molecule has 19 heavy (non-hydrogen) atoms. The van der Waals surface area contributed by atoms with E-state index in [1.54, 1.807) is 0 Å². The van der Waals surface area contributed by atoms with Crippen molar-refractivity contribution in [1.82, 2.24) is 4.90 Å². The number of carbonyl (C=O) groups excluding carboxylic acids is 1. The molecule has 6 heteroatoms. The molecule has 1 N–H and O–H groups in total. The Balaban J connectivity index is 2.91. The third-order valence-corrected chi connectivity index (χ3v) is 2.69. The third-order valence-electron chi connectivity index (χ3n) is 2.69. The first-order chi connectivity index (χ1) is 8.88. The topological polar surface area (TPSA) is 49.8 Å². The lowest BCUT2D eigenvalue weighted by Crippen LogP contribution is -2.37. The zero-order chi connectivity index (χ0) is 14.6. The standard InChI is InChI=1S/C13H17F2NO3/c1-8-4-5-10(14)11(12(8)15)13(18)16(2)6-9(17)7-19-3/h4-5,9,17H,6-7H2,1-3H3. The van der Waals surface area contributed by atoms with E-state index in [-0.39, 0.29) is 18.7 Å². The molecule has 1 amide bonds. The molecular weight excluding hydrogens is 256 g/mol. The number of aliphatic hydroxyl groups excluding tert-OH is 1. The second-order valence-electron chi connectivity index (χ2n) is 4.35. The van der Waals surface area contributed by atoms with Crippen LogP contribution in [0.25, 0.3) is 0 Å². The first kappa shape index (κ1) is 15.5. The van der Waals surface area contributed by atoms with Gasteiger partial charge in [-0.2, -0.15) is 0 Å². The molecule has 0 spiro atoms. The van der Waals surface area contributed by atoms with E-state index in [1.165, 1.54) is 27.1 Å². The van der Waals surface area contributed by atoms with Gasteiger partial charge in [-0.25, -0.2) is 8.78 Å². The first-order valence-electron chi connectivity index (χ1n) is 5.75. The van der Waals surface area contributed by atoms with Crippen molar-refractivity contribution in [3.8, 4) is 0 Å². The maximum Gasteiger partial charge on any atom is 0.259 e. The highest BCUT2D eigenvalue weighted by atomic mass is 19.1. The van der Waals surface area contributed by atoms with Gasteiger partial charge in [0.1, 0.15) is 17.2 Å². The predicted octanol–water partition coefficient (Wildman–Crippen LogP) is 1.35. The predicted molar refractivity (Wildman–Crippen MR) is 65.9 cm³/mol. The Bertz CT molecular complexity index is 465. The number of halogens is 2. The summed E-state index contributed by atoms with van der Waals surface area (Å²) in [5.41, 5.74) is -0.414. The normalized spacial score (nSPS) is 12.3. The summed E-state index contributed by atoms with van der Waals surface area (Å²) in [5, 5.41) is 9.50. The van der Waals surface area contributed by atoms with Gasteiger partial charge in [0.25, 0.3) is 5.91 Å². The van der Waals surface area contributed by atoms with Crippen molar-refractivity contribution in [2.75, 3.05) is 27.3 Å². The van der Waals surface area contributed by atoms with Crippen LogP contribution in [0, 0.1) is 18.6 Å². The van der Waals surface area contributed by atoms with E-state index in [9.17, 15) is 18.7 Å². The van der Waals surface area contributed by atoms with Gasteiger partial charge in [-0.05, 0) is 18.6 Å². The number of aliphatic hydroxyl groups is 1. The third kappa shape index (κ3) is 3.71. The number of nitrogens with zero attached hydrogens (tertiary/aromatic N) is 1. The second kappa shape index (κ2) is 6.58. The molecule has 1 unspecified atom stereocenters. The van der Waals surface area contributed by atoms with E-state index in [4.69, 9.17) is 4.74 Å². The molecule has 0 aliphatic rings. The Morgan fingerprint density at radius 2 is 2.11 bits per heavy atom. The van der Waals surface area contributed by atoms with E-state index in [0.717, 1.165) is 11.0 Å². The fourth-order valence-corrected chi connectivity index (χ4v) is 1.69.